The normalized spacial score (nSPS) is 39.9. The molecule has 2 fully saturated rings. The van der Waals surface area contributed by atoms with Crippen LogP contribution in [0.3, 0.4) is 0 Å². The lowest BCUT2D eigenvalue weighted by molar-refractivity contribution is -0.0680. The van der Waals surface area contributed by atoms with E-state index in [2.05, 4.69) is 37.9 Å². The summed E-state index contributed by atoms with van der Waals surface area (Å²) in [5, 5.41) is 3.63. The van der Waals surface area contributed by atoms with E-state index in [4.69, 9.17) is 4.74 Å². The van der Waals surface area contributed by atoms with E-state index in [0.717, 1.165) is 25.6 Å². The average molecular weight is 282 g/mol. The molecular weight excluding hydrogens is 248 g/mol. The molecule has 118 valence electrons. The van der Waals surface area contributed by atoms with Gasteiger partial charge in [0.15, 0.2) is 0 Å². The van der Waals surface area contributed by atoms with E-state index >= 15 is 0 Å². The molecule has 3 heteroatoms. The van der Waals surface area contributed by atoms with E-state index in [9.17, 15) is 0 Å². The van der Waals surface area contributed by atoms with Gasteiger partial charge in [-0.2, -0.15) is 0 Å². The molecule has 0 bridgehead atoms. The van der Waals surface area contributed by atoms with E-state index in [1.165, 1.54) is 38.8 Å². The number of ether oxygens (including phenoxy) is 1. The third-order valence-electron chi connectivity index (χ3n) is 5.36. The van der Waals surface area contributed by atoms with Crippen LogP contribution in [0.2, 0.25) is 0 Å². The van der Waals surface area contributed by atoms with Gasteiger partial charge >= 0.3 is 0 Å². The third-order valence-corrected chi connectivity index (χ3v) is 5.36. The first-order valence-electron chi connectivity index (χ1n) is 8.61. The van der Waals surface area contributed by atoms with Crippen molar-refractivity contribution in [2.75, 3.05) is 32.8 Å². The molecule has 2 atom stereocenters. The van der Waals surface area contributed by atoms with Crippen LogP contribution in [0.1, 0.15) is 53.4 Å². The van der Waals surface area contributed by atoms with Crippen LogP contribution in [-0.2, 0) is 4.74 Å². The smallest absolute Gasteiger partial charge is 0.0674 e. The maximum Gasteiger partial charge on any atom is 0.0674 e. The fourth-order valence-corrected chi connectivity index (χ4v) is 3.78. The van der Waals surface area contributed by atoms with E-state index in [-0.39, 0.29) is 0 Å². The first kappa shape index (κ1) is 16.3. The molecule has 0 aromatic rings. The lowest BCUT2D eigenvalue weighted by Gasteiger charge is -2.46. The Morgan fingerprint density at radius 2 is 1.90 bits per heavy atom. The van der Waals surface area contributed by atoms with Crippen LogP contribution in [0.4, 0.5) is 0 Å². The molecule has 20 heavy (non-hydrogen) atoms. The maximum absolute atomic E-state index is 5.78. The van der Waals surface area contributed by atoms with Crippen molar-refractivity contribution in [3.8, 4) is 0 Å². The molecule has 0 radical (unpaired) electrons. The molecule has 1 heterocycles. The molecule has 2 unspecified atom stereocenters. The highest BCUT2D eigenvalue weighted by Gasteiger charge is 2.37. The lowest BCUT2D eigenvalue weighted by Crippen LogP contribution is -2.54. The molecule has 2 aliphatic rings. The molecule has 1 saturated heterocycles. The Labute approximate surface area is 125 Å². The predicted molar refractivity (Wildman–Crippen MR) is 85.1 cm³/mol. The average Bonchev–Trinajstić information content (AvgIpc) is 2.44. The highest BCUT2D eigenvalue weighted by atomic mass is 16.5. The summed E-state index contributed by atoms with van der Waals surface area (Å²) in [5.41, 5.74) is 0.494. The number of hydrogen-bond acceptors (Lipinski definition) is 3. The Bertz CT molecular complexity index is 281. The predicted octanol–water partition coefficient (Wildman–Crippen LogP) is 2.90. The van der Waals surface area contributed by atoms with Gasteiger partial charge in [-0.25, -0.2) is 0 Å². The van der Waals surface area contributed by atoms with Gasteiger partial charge in [-0.3, -0.25) is 4.90 Å². The van der Waals surface area contributed by atoms with Gasteiger partial charge in [0.1, 0.15) is 0 Å². The van der Waals surface area contributed by atoms with Gasteiger partial charge in [-0.05, 0) is 44.6 Å². The van der Waals surface area contributed by atoms with Gasteiger partial charge < -0.3 is 10.1 Å². The number of rotatable bonds is 5. The summed E-state index contributed by atoms with van der Waals surface area (Å²) in [4.78, 5) is 2.68. The number of nitrogens with one attached hydrogen (secondary N) is 1. The summed E-state index contributed by atoms with van der Waals surface area (Å²) in [6, 6.07) is 0.573. The summed E-state index contributed by atoms with van der Waals surface area (Å²) in [5.74, 6) is 0.922. The van der Waals surface area contributed by atoms with Gasteiger partial charge in [-0.15, -0.1) is 0 Å². The van der Waals surface area contributed by atoms with Gasteiger partial charge in [0, 0.05) is 25.7 Å². The van der Waals surface area contributed by atoms with Gasteiger partial charge in [0.05, 0.1) is 12.7 Å². The monoisotopic (exact) mass is 282 g/mol. The van der Waals surface area contributed by atoms with Crippen molar-refractivity contribution in [1.29, 1.82) is 0 Å². The van der Waals surface area contributed by atoms with Crippen molar-refractivity contribution in [1.82, 2.24) is 10.2 Å². The first-order valence-corrected chi connectivity index (χ1v) is 8.61. The molecule has 1 aliphatic heterocycles. The number of morpholine rings is 1. The second-order valence-electron chi connectivity index (χ2n) is 7.39. The minimum Gasteiger partial charge on any atom is -0.376 e. The Morgan fingerprint density at radius 1 is 1.20 bits per heavy atom. The van der Waals surface area contributed by atoms with Crippen molar-refractivity contribution in [3.05, 3.63) is 0 Å². The molecule has 1 N–H and O–H groups in total. The van der Waals surface area contributed by atoms with Crippen molar-refractivity contribution in [3.63, 3.8) is 0 Å². The Hall–Kier alpha value is -0.120. The Balaban J connectivity index is 1.99. The van der Waals surface area contributed by atoms with Crippen LogP contribution in [0.15, 0.2) is 0 Å². The maximum atomic E-state index is 5.78. The lowest BCUT2D eigenvalue weighted by atomic mass is 9.70. The fraction of sp³-hybridized carbons (Fsp3) is 1.00. The largest absolute Gasteiger partial charge is 0.376 e. The molecule has 0 spiro atoms. The van der Waals surface area contributed by atoms with Crippen LogP contribution >= 0.6 is 0 Å². The topological polar surface area (TPSA) is 24.5 Å². The van der Waals surface area contributed by atoms with Crippen LogP contribution in [0.25, 0.3) is 0 Å². The van der Waals surface area contributed by atoms with E-state index in [1.807, 2.05) is 0 Å². The number of nitrogens with zero attached hydrogens (tertiary/aromatic N) is 1. The zero-order chi connectivity index (χ0) is 14.6. The zero-order valence-corrected chi connectivity index (χ0v) is 14.0. The van der Waals surface area contributed by atoms with Gasteiger partial charge in [0.25, 0.3) is 0 Å². The number of hydrogen-bond donors (Lipinski definition) is 1. The summed E-state index contributed by atoms with van der Waals surface area (Å²) in [7, 11) is 0. The molecule has 0 aromatic heterocycles. The first-order chi connectivity index (χ1) is 9.54. The Morgan fingerprint density at radius 3 is 2.55 bits per heavy atom. The summed E-state index contributed by atoms with van der Waals surface area (Å²) < 4.78 is 5.78. The van der Waals surface area contributed by atoms with E-state index in [1.54, 1.807) is 0 Å². The van der Waals surface area contributed by atoms with Crippen LogP contribution in [-0.4, -0.2) is 49.8 Å². The molecule has 0 aromatic carbocycles. The highest BCUT2D eigenvalue weighted by Crippen LogP contribution is 2.39. The fourth-order valence-electron chi connectivity index (χ4n) is 3.78. The van der Waals surface area contributed by atoms with Crippen molar-refractivity contribution in [2.24, 2.45) is 11.3 Å². The standard InChI is InChI=1S/C17H34N2O/c1-5-18-12-17(8-6-14(2)7-9-17)13-19-10-16(4)20-11-15(19)3/h14-16,18H,5-13H2,1-4H3. The summed E-state index contributed by atoms with van der Waals surface area (Å²) >= 11 is 0. The summed E-state index contributed by atoms with van der Waals surface area (Å²) in [6.45, 7) is 14.7. The SMILES string of the molecule is CCNCC1(CN2CC(C)OCC2C)CCC(C)CC1. The highest BCUT2D eigenvalue weighted by molar-refractivity contribution is 4.91. The molecule has 1 saturated carbocycles. The van der Waals surface area contributed by atoms with E-state index in [0.29, 0.717) is 17.6 Å². The van der Waals surface area contributed by atoms with Gasteiger partial charge in [-0.1, -0.05) is 26.7 Å². The molecular formula is C17H34N2O. The third kappa shape index (κ3) is 4.19. The Kier molecular flexibility index (Phi) is 5.88. The van der Waals surface area contributed by atoms with Gasteiger partial charge in [0.2, 0.25) is 0 Å². The molecule has 2 rings (SSSR count). The van der Waals surface area contributed by atoms with Crippen LogP contribution in [0, 0.1) is 11.3 Å². The van der Waals surface area contributed by atoms with Crippen LogP contribution < -0.4 is 5.32 Å². The molecule has 0 amide bonds. The minimum atomic E-state index is 0.393. The quantitative estimate of drug-likeness (QED) is 0.839. The summed E-state index contributed by atoms with van der Waals surface area (Å²) in [6.07, 6.45) is 5.98. The molecule has 3 nitrogen and oxygen atoms in total. The minimum absolute atomic E-state index is 0.393. The molecule has 1 aliphatic carbocycles. The second kappa shape index (κ2) is 7.24. The zero-order valence-electron chi connectivity index (χ0n) is 14.0. The van der Waals surface area contributed by atoms with E-state index < -0.39 is 0 Å². The van der Waals surface area contributed by atoms with Crippen LogP contribution in [0.5, 0.6) is 0 Å². The van der Waals surface area contributed by atoms with Crippen molar-refractivity contribution in [2.45, 2.75) is 65.5 Å². The second-order valence-corrected chi connectivity index (χ2v) is 7.39. The van der Waals surface area contributed by atoms with Crippen molar-refractivity contribution < 1.29 is 4.74 Å². The van der Waals surface area contributed by atoms with Crippen molar-refractivity contribution >= 4 is 0 Å².